The lowest BCUT2D eigenvalue weighted by Gasteiger charge is -2.00. The maximum Gasteiger partial charge on any atom is -0.00990 e. The van der Waals surface area contributed by atoms with Gasteiger partial charge in [-0.15, -0.1) is 0 Å². The first-order valence-corrected chi connectivity index (χ1v) is 3.75. The van der Waals surface area contributed by atoms with Crippen molar-refractivity contribution in [3.05, 3.63) is 54.6 Å². The lowest BCUT2D eigenvalue weighted by molar-refractivity contribution is 1.57. The highest BCUT2D eigenvalue weighted by Gasteiger charge is 1.95. The molecule has 0 bridgehead atoms. The Kier molecular flexibility index (Phi) is 2.65. The molecule has 0 fully saturated rings. The lowest BCUT2D eigenvalue weighted by Crippen LogP contribution is -1.81. The van der Waals surface area contributed by atoms with Gasteiger partial charge >= 0.3 is 0 Å². The maximum atomic E-state index is 3.72. The van der Waals surface area contributed by atoms with Gasteiger partial charge in [0.1, 0.15) is 0 Å². The van der Waals surface area contributed by atoms with Gasteiger partial charge in [-0.2, -0.15) is 0 Å². The molecule has 0 nitrogen and oxygen atoms in total. The van der Waals surface area contributed by atoms with Crippen LogP contribution in [0.25, 0.3) is 18.2 Å². The summed E-state index contributed by atoms with van der Waals surface area (Å²) in [6.07, 6.45) is 5.36. The highest BCUT2D eigenvalue weighted by molar-refractivity contribution is 5.66. The SMILES string of the molecule is C=Cc1[c]cc(C=C)c(C=C)c1. The van der Waals surface area contributed by atoms with Gasteiger partial charge in [0.05, 0.1) is 0 Å². The molecule has 0 heteroatoms. The van der Waals surface area contributed by atoms with E-state index in [9.17, 15) is 0 Å². The molecule has 1 radical (unpaired) electrons. The Morgan fingerprint density at radius 1 is 1.00 bits per heavy atom. The summed E-state index contributed by atoms with van der Waals surface area (Å²) in [5.41, 5.74) is 3.10. The topological polar surface area (TPSA) is 0 Å². The first kappa shape index (κ1) is 8.54. The van der Waals surface area contributed by atoms with E-state index in [1.807, 2.05) is 12.1 Å². The predicted octanol–water partition coefficient (Wildman–Crippen LogP) is 3.42. The van der Waals surface area contributed by atoms with Crippen LogP contribution in [0, 0.1) is 6.07 Å². The van der Waals surface area contributed by atoms with Gasteiger partial charge in [-0.3, -0.25) is 0 Å². The van der Waals surface area contributed by atoms with E-state index >= 15 is 0 Å². The summed E-state index contributed by atoms with van der Waals surface area (Å²) in [7, 11) is 0. The average molecular weight is 155 g/mol. The quantitative estimate of drug-likeness (QED) is 0.627. The number of hydrogen-bond acceptors (Lipinski definition) is 0. The normalized spacial score (nSPS) is 9.00. The first-order valence-electron chi connectivity index (χ1n) is 3.75. The third-order valence-corrected chi connectivity index (χ3v) is 1.70. The molecule has 59 valence electrons. The largest absolute Gasteiger partial charge is 0.0984 e. The molecule has 1 aromatic carbocycles. The van der Waals surface area contributed by atoms with Crippen molar-refractivity contribution in [1.82, 2.24) is 0 Å². The second kappa shape index (κ2) is 3.72. The van der Waals surface area contributed by atoms with Gasteiger partial charge in [-0.1, -0.05) is 38.0 Å². The van der Waals surface area contributed by atoms with E-state index in [0.717, 1.165) is 16.7 Å². The minimum Gasteiger partial charge on any atom is -0.0984 e. The summed E-state index contributed by atoms with van der Waals surface area (Å²) >= 11 is 0. The van der Waals surface area contributed by atoms with Crippen LogP contribution < -0.4 is 0 Å². The molecule has 0 heterocycles. The second-order valence-corrected chi connectivity index (χ2v) is 2.41. The van der Waals surface area contributed by atoms with E-state index in [4.69, 9.17) is 0 Å². The highest BCUT2D eigenvalue weighted by atomic mass is 14.0. The molecule has 1 aromatic rings. The van der Waals surface area contributed by atoms with E-state index in [0.29, 0.717) is 0 Å². The summed E-state index contributed by atoms with van der Waals surface area (Å²) in [4.78, 5) is 0. The monoisotopic (exact) mass is 155 g/mol. The third-order valence-electron chi connectivity index (χ3n) is 1.70. The minimum absolute atomic E-state index is 0.982. The molecule has 0 aliphatic rings. The van der Waals surface area contributed by atoms with E-state index in [1.54, 1.807) is 18.2 Å². The zero-order valence-electron chi connectivity index (χ0n) is 7.01. The molecular formula is C12H11. The Morgan fingerprint density at radius 3 is 2.17 bits per heavy atom. The van der Waals surface area contributed by atoms with Crippen molar-refractivity contribution in [2.24, 2.45) is 0 Å². The Morgan fingerprint density at radius 2 is 1.67 bits per heavy atom. The maximum absolute atomic E-state index is 3.72. The Balaban J connectivity index is 3.27. The van der Waals surface area contributed by atoms with Crippen molar-refractivity contribution in [3.8, 4) is 0 Å². The zero-order chi connectivity index (χ0) is 8.97. The van der Waals surface area contributed by atoms with Crippen LogP contribution >= 0.6 is 0 Å². The molecule has 0 aromatic heterocycles. The van der Waals surface area contributed by atoms with Crippen molar-refractivity contribution >= 4 is 18.2 Å². The Labute approximate surface area is 73.6 Å². The molecular weight excluding hydrogens is 144 g/mol. The van der Waals surface area contributed by atoms with Crippen LogP contribution in [0.5, 0.6) is 0 Å². The van der Waals surface area contributed by atoms with E-state index in [1.165, 1.54) is 0 Å². The van der Waals surface area contributed by atoms with Crippen molar-refractivity contribution in [3.63, 3.8) is 0 Å². The molecule has 12 heavy (non-hydrogen) atoms. The molecule has 0 aliphatic carbocycles. The Hall–Kier alpha value is -1.56. The number of rotatable bonds is 3. The predicted molar refractivity (Wildman–Crippen MR) is 55.6 cm³/mol. The van der Waals surface area contributed by atoms with Crippen molar-refractivity contribution < 1.29 is 0 Å². The van der Waals surface area contributed by atoms with Crippen LogP contribution in [-0.2, 0) is 0 Å². The fourth-order valence-corrected chi connectivity index (χ4v) is 1.01. The second-order valence-electron chi connectivity index (χ2n) is 2.41. The standard InChI is InChI=1S/C12H11/c1-4-10-7-8-11(5-2)12(6-3)9-10/h4-6,8-9H,1-3H2. The fourth-order valence-electron chi connectivity index (χ4n) is 1.01. The molecule has 0 saturated heterocycles. The molecule has 1 rings (SSSR count). The third kappa shape index (κ3) is 1.54. The van der Waals surface area contributed by atoms with Crippen molar-refractivity contribution in [1.29, 1.82) is 0 Å². The van der Waals surface area contributed by atoms with Gasteiger partial charge in [-0.25, -0.2) is 0 Å². The fraction of sp³-hybridized carbons (Fsp3) is 0. The zero-order valence-corrected chi connectivity index (χ0v) is 7.01. The smallest absolute Gasteiger partial charge is 0.00990 e. The summed E-state index contributed by atoms with van der Waals surface area (Å²) in [5, 5.41) is 0. The van der Waals surface area contributed by atoms with Gasteiger partial charge in [-0.05, 0) is 34.9 Å². The molecule has 0 spiro atoms. The lowest BCUT2D eigenvalue weighted by atomic mass is 10.0. The van der Waals surface area contributed by atoms with E-state index in [2.05, 4.69) is 25.8 Å². The van der Waals surface area contributed by atoms with Gasteiger partial charge in [0.25, 0.3) is 0 Å². The number of benzene rings is 1. The van der Waals surface area contributed by atoms with Crippen molar-refractivity contribution in [2.75, 3.05) is 0 Å². The van der Waals surface area contributed by atoms with Crippen molar-refractivity contribution in [2.45, 2.75) is 0 Å². The van der Waals surface area contributed by atoms with Gasteiger partial charge in [0, 0.05) is 0 Å². The summed E-state index contributed by atoms with van der Waals surface area (Å²) in [5.74, 6) is 0. The van der Waals surface area contributed by atoms with Crippen LogP contribution in [-0.4, -0.2) is 0 Å². The molecule has 0 atom stereocenters. The average Bonchev–Trinajstić information content (AvgIpc) is 2.16. The van der Waals surface area contributed by atoms with Crippen LogP contribution in [0.2, 0.25) is 0 Å². The van der Waals surface area contributed by atoms with Gasteiger partial charge < -0.3 is 0 Å². The summed E-state index contributed by atoms with van der Waals surface area (Å²) in [6, 6.07) is 6.95. The minimum atomic E-state index is 0.982. The van der Waals surface area contributed by atoms with Crippen LogP contribution in [0.1, 0.15) is 16.7 Å². The highest BCUT2D eigenvalue weighted by Crippen LogP contribution is 2.14. The molecule has 0 amide bonds. The van der Waals surface area contributed by atoms with Crippen LogP contribution in [0.15, 0.2) is 31.9 Å². The van der Waals surface area contributed by atoms with E-state index < -0.39 is 0 Å². The van der Waals surface area contributed by atoms with Gasteiger partial charge in [0.2, 0.25) is 0 Å². The number of hydrogen-bond donors (Lipinski definition) is 0. The van der Waals surface area contributed by atoms with Gasteiger partial charge in [0.15, 0.2) is 0 Å². The molecule has 0 N–H and O–H groups in total. The Bertz CT molecular complexity index is 319. The van der Waals surface area contributed by atoms with Crippen LogP contribution in [0.3, 0.4) is 0 Å². The summed E-state index contributed by atoms with van der Waals surface area (Å²) in [6.45, 7) is 11.1. The first-order chi connectivity index (χ1) is 5.81. The van der Waals surface area contributed by atoms with E-state index in [-0.39, 0.29) is 0 Å². The van der Waals surface area contributed by atoms with Crippen LogP contribution in [0.4, 0.5) is 0 Å². The molecule has 0 aliphatic heterocycles. The molecule has 0 unspecified atom stereocenters. The molecule has 0 saturated carbocycles. The summed E-state index contributed by atoms with van der Waals surface area (Å²) < 4.78 is 0.